The second kappa shape index (κ2) is 6.74. The maximum atomic E-state index is 12.7. The first kappa shape index (κ1) is 17.3. The van der Waals surface area contributed by atoms with E-state index in [4.69, 9.17) is 28.9 Å². The summed E-state index contributed by atoms with van der Waals surface area (Å²) >= 11 is 12.0. The predicted octanol–water partition coefficient (Wildman–Crippen LogP) is 3.56. The number of nitrogens with one attached hydrogen (secondary N) is 1. The number of nitrogens with two attached hydrogens (primary N) is 1. The lowest BCUT2D eigenvalue weighted by molar-refractivity contribution is 0.102. The van der Waals surface area contributed by atoms with Gasteiger partial charge in [0, 0.05) is 17.6 Å². The molecule has 0 aliphatic carbocycles. The maximum absolute atomic E-state index is 12.7. The van der Waals surface area contributed by atoms with Gasteiger partial charge in [-0.1, -0.05) is 41.4 Å². The fourth-order valence-corrected chi connectivity index (χ4v) is 2.95. The van der Waals surface area contributed by atoms with Crippen molar-refractivity contribution in [3.05, 3.63) is 62.5 Å². The molecule has 0 saturated carbocycles. The van der Waals surface area contributed by atoms with E-state index in [1.807, 2.05) is 0 Å². The number of carbonyl (C=O) groups excluding carboxylic acids is 1. The van der Waals surface area contributed by atoms with E-state index in [1.54, 1.807) is 31.2 Å². The minimum atomic E-state index is -0.477. The number of halogens is 2. The number of benzene rings is 2. The van der Waals surface area contributed by atoms with E-state index in [0.717, 1.165) is 0 Å². The third kappa shape index (κ3) is 3.18. The van der Waals surface area contributed by atoms with Crippen molar-refractivity contribution in [3.63, 3.8) is 0 Å². The molecule has 1 heterocycles. The van der Waals surface area contributed by atoms with Crippen LogP contribution in [0.25, 0.3) is 10.8 Å². The summed E-state index contributed by atoms with van der Waals surface area (Å²) in [6.07, 6.45) is 0. The second-order valence-electron chi connectivity index (χ2n) is 5.32. The van der Waals surface area contributed by atoms with Crippen LogP contribution in [0, 0.1) is 0 Å². The molecule has 0 aliphatic heterocycles. The number of rotatable bonds is 3. The second-order valence-corrected chi connectivity index (χ2v) is 6.14. The molecule has 0 atom stereocenters. The summed E-state index contributed by atoms with van der Waals surface area (Å²) in [6, 6.07) is 9.83. The van der Waals surface area contributed by atoms with E-state index in [1.165, 1.54) is 16.8 Å². The van der Waals surface area contributed by atoms with Gasteiger partial charge in [0.1, 0.15) is 0 Å². The van der Waals surface area contributed by atoms with Crippen LogP contribution in [0.3, 0.4) is 0 Å². The molecular weight excluding hydrogens is 363 g/mol. The molecule has 0 bridgehead atoms. The number of fused-ring (bicyclic) bond motifs is 1. The lowest BCUT2D eigenvalue weighted by atomic mass is 10.1. The van der Waals surface area contributed by atoms with Crippen LogP contribution in [-0.4, -0.2) is 15.7 Å². The fourth-order valence-electron chi connectivity index (χ4n) is 2.46. The molecule has 3 rings (SSSR count). The number of nitrogens with zero attached hydrogens (tertiary/aromatic N) is 2. The third-order valence-electron chi connectivity index (χ3n) is 3.72. The van der Waals surface area contributed by atoms with E-state index < -0.39 is 5.91 Å². The molecule has 0 unspecified atom stereocenters. The van der Waals surface area contributed by atoms with Gasteiger partial charge in [0.2, 0.25) is 0 Å². The first-order valence-electron chi connectivity index (χ1n) is 7.48. The third-order valence-corrected chi connectivity index (χ3v) is 4.34. The highest BCUT2D eigenvalue weighted by Gasteiger charge is 2.17. The standard InChI is InChI=1S/C17H14Cl2N4O2/c1-2-23-17(25)11-6-4-3-5-10(11)15(22-23)16(24)21-9-7-12(18)14(20)13(19)8-9/h3-8H,2,20H2,1H3,(H,21,24). The van der Waals surface area contributed by atoms with E-state index in [2.05, 4.69) is 10.4 Å². The molecular formula is C17H14Cl2N4O2. The number of hydrogen-bond donors (Lipinski definition) is 2. The van der Waals surface area contributed by atoms with Crippen LogP contribution >= 0.6 is 23.2 Å². The zero-order chi connectivity index (χ0) is 18.1. The van der Waals surface area contributed by atoms with Crippen molar-refractivity contribution in [2.45, 2.75) is 13.5 Å². The highest BCUT2D eigenvalue weighted by molar-refractivity contribution is 6.39. The summed E-state index contributed by atoms with van der Waals surface area (Å²) in [7, 11) is 0. The summed E-state index contributed by atoms with van der Waals surface area (Å²) in [5.74, 6) is -0.477. The van der Waals surface area contributed by atoms with Gasteiger partial charge in [-0.25, -0.2) is 4.68 Å². The first-order chi connectivity index (χ1) is 11.9. The smallest absolute Gasteiger partial charge is 0.276 e. The SMILES string of the molecule is CCn1nc(C(=O)Nc2cc(Cl)c(N)c(Cl)c2)c2ccccc2c1=O. The number of carbonyl (C=O) groups is 1. The number of aryl methyl sites for hydroxylation is 1. The number of aromatic nitrogens is 2. The number of hydrogen-bond acceptors (Lipinski definition) is 4. The van der Waals surface area contributed by atoms with Crippen LogP contribution in [0.15, 0.2) is 41.2 Å². The number of nitrogen functional groups attached to an aromatic ring is 1. The lowest BCUT2D eigenvalue weighted by Gasteiger charge is -2.11. The molecule has 1 amide bonds. The van der Waals surface area contributed by atoms with Crippen LogP contribution in [0.5, 0.6) is 0 Å². The van der Waals surface area contributed by atoms with Crippen molar-refractivity contribution < 1.29 is 4.79 Å². The van der Waals surface area contributed by atoms with Crippen molar-refractivity contribution in [1.29, 1.82) is 0 Å². The van der Waals surface area contributed by atoms with Gasteiger partial charge in [0.25, 0.3) is 11.5 Å². The Morgan fingerprint density at radius 1 is 1.20 bits per heavy atom. The first-order valence-corrected chi connectivity index (χ1v) is 8.23. The van der Waals surface area contributed by atoms with Gasteiger partial charge in [-0.2, -0.15) is 5.10 Å². The van der Waals surface area contributed by atoms with Gasteiger partial charge in [0.05, 0.1) is 21.1 Å². The normalized spacial score (nSPS) is 10.8. The molecule has 1 aromatic heterocycles. The maximum Gasteiger partial charge on any atom is 0.276 e. The zero-order valence-corrected chi connectivity index (χ0v) is 14.7. The molecule has 0 radical (unpaired) electrons. The molecule has 0 spiro atoms. The highest BCUT2D eigenvalue weighted by atomic mass is 35.5. The van der Waals surface area contributed by atoms with Crippen molar-refractivity contribution >= 4 is 51.3 Å². The topological polar surface area (TPSA) is 90.0 Å². The Morgan fingerprint density at radius 2 is 1.80 bits per heavy atom. The number of amides is 1. The van der Waals surface area contributed by atoms with Crippen LogP contribution in [0.4, 0.5) is 11.4 Å². The number of anilines is 2. The zero-order valence-electron chi connectivity index (χ0n) is 13.2. The molecule has 3 aromatic rings. The molecule has 25 heavy (non-hydrogen) atoms. The summed E-state index contributed by atoms with van der Waals surface area (Å²) in [6.45, 7) is 2.13. The molecule has 8 heteroatoms. The van der Waals surface area contributed by atoms with E-state index in [0.29, 0.717) is 23.0 Å². The fraction of sp³-hybridized carbons (Fsp3) is 0.118. The summed E-state index contributed by atoms with van der Waals surface area (Å²) in [5, 5.41) is 8.24. The van der Waals surface area contributed by atoms with Gasteiger partial charge in [-0.15, -0.1) is 0 Å². The molecule has 0 aliphatic rings. The van der Waals surface area contributed by atoms with Crippen molar-refractivity contribution in [1.82, 2.24) is 9.78 Å². The van der Waals surface area contributed by atoms with Crippen LogP contribution in [0.1, 0.15) is 17.4 Å². The Labute approximate surface area is 153 Å². The van der Waals surface area contributed by atoms with Crippen LogP contribution in [0.2, 0.25) is 10.0 Å². The van der Waals surface area contributed by atoms with Gasteiger partial charge < -0.3 is 11.1 Å². The van der Waals surface area contributed by atoms with Gasteiger partial charge >= 0.3 is 0 Å². The molecule has 0 fully saturated rings. The Bertz CT molecular complexity index is 1020. The van der Waals surface area contributed by atoms with Crippen molar-refractivity contribution in [2.75, 3.05) is 11.1 Å². The lowest BCUT2D eigenvalue weighted by Crippen LogP contribution is -2.27. The van der Waals surface area contributed by atoms with Crippen molar-refractivity contribution in [2.24, 2.45) is 0 Å². The van der Waals surface area contributed by atoms with Gasteiger partial charge in [-0.3, -0.25) is 9.59 Å². The predicted molar refractivity (Wildman–Crippen MR) is 101 cm³/mol. The van der Waals surface area contributed by atoms with Crippen LogP contribution < -0.4 is 16.6 Å². The Kier molecular flexibility index (Phi) is 4.65. The molecule has 6 nitrogen and oxygen atoms in total. The monoisotopic (exact) mass is 376 g/mol. The summed E-state index contributed by atoms with van der Waals surface area (Å²) in [4.78, 5) is 25.0. The molecule has 2 aromatic carbocycles. The Balaban J connectivity index is 2.09. The van der Waals surface area contributed by atoms with E-state index in [9.17, 15) is 9.59 Å². The molecule has 0 saturated heterocycles. The molecule has 128 valence electrons. The van der Waals surface area contributed by atoms with Gasteiger partial charge in [0.15, 0.2) is 5.69 Å². The summed E-state index contributed by atoms with van der Waals surface area (Å²) in [5.41, 5.74) is 6.22. The van der Waals surface area contributed by atoms with Gasteiger partial charge in [-0.05, 0) is 25.1 Å². The van der Waals surface area contributed by atoms with E-state index in [-0.39, 0.29) is 27.0 Å². The quantitative estimate of drug-likeness (QED) is 0.683. The average Bonchev–Trinajstić information content (AvgIpc) is 2.60. The van der Waals surface area contributed by atoms with E-state index >= 15 is 0 Å². The largest absolute Gasteiger partial charge is 0.396 e. The summed E-state index contributed by atoms with van der Waals surface area (Å²) < 4.78 is 1.25. The van der Waals surface area contributed by atoms with Crippen LogP contribution in [-0.2, 0) is 6.54 Å². The minimum Gasteiger partial charge on any atom is -0.396 e. The van der Waals surface area contributed by atoms with Crippen molar-refractivity contribution in [3.8, 4) is 0 Å². The average molecular weight is 377 g/mol. The minimum absolute atomic E-state index is 0.140. The Morgan fingerprint density at radius 3 is 2.40 bits per heavy atom. The highest BCUT2D eigenvalue weighted by Crippen LogP contribution is 2.31. The Hall–Kier alpha value is -2.57. The molecule has 3 N–H and O–H groups in total.